The molecule has 34 heavy (non-hydrogen) atoms. The number of benzene rings is 3. The SMILES string of the molecule is COc1ccc2c(c1)OC(c1ccc(OCCN3CCCCC3)cc1)c1cc(C(C)=O)ccc1-2. The van der Waals surface area contributed by atoms with E-state index >= 15 is 0 Å². The van der Waals surface area contributed by atoms with Crippen molar-refractivity contribution in [2.24, 2.45) is 0 Å². The number of nitrogens with zero attached hydrogens (tertiary/aromatic N) is 1. The van der Waals surface area contributed by atoms with Crippen LogP contribution in [0.4, 0.5) is 0 Å². The van der Waals surface area contributed by atoms with Crippen molar-refractivity contribution in [2.75, 3.05) is 33.4 Å². The molecule has 0 aromatic heterocycles. The van der Waals surface area contributed by atoms with E-state index in [0.717, 1.165) is 46.0 Å². The van der Waals surface area contributed by atoms with Crippen molar-refractivity contribution in [3.8, 4) is 28.4 Å². The van der Waals surface area contributed by atoms with Gasteiger partial charge in [0.2, 0.25) is 0 Å². The van der Waals surface area contributed by atoms with Crippen LogP contribution in [0, 0.1) is 0 Å². The summed E-state index contributed by atoms with van der Waals surface area (Å²) in [5.74, 6) is 2.42. The van der Waals surface area contributed by atoms with E-state index in [4.69, 9.17) is 14.2 Å². The third-order valence-electron chi connectivity index (χ3n) is 6.77. The standard InChI is InChI=1S/C29H31NO4/c1-20(31)22-8-12-25-26-13-11-24(32-2)19-28(26)34-29(27(25)18-22)21-6-9-23(10-7-21)33-17-16-30-14-4-3-5-15-30/h6-13,18-19,29H,3-5,14-17H2,1-2H3. The molecule has 3 aromatic rings. The predicted molar refractivity (Wildman–Crippen MR) is 133 cm³/mol. The Morgan fingerprint density at radius 2 is 1.68 bits per heavy atom. The molecule has 5 heteroatoms. The minimum Gasteiger partial charge on any atom is -0.497 e. The molecule has 0 saturated carbocycles. The molecule has 0 radical (unpaired) electrons. The highest BCUT2D eigenvalue weighted by Crippen LogP contribution is 2.46. The van der Waals surface area contributed by atoms with Crippen molar-refractivity contribution in [3.63, 3.8) is 0 Å². The van der Waals surface area contributed by atoms with Gasteiger partial charge in [-0.3, -0.25) is 9.69 Å². The zero-order valence-corrected chi connectivity index (χ0v) is 19.9. The van der Waals surface area contributed by atoms with Crippen LogP contribution in [0.25, 0.3) is 11.1 Å². The van der Waals surface area contributed by atoms with Crippen LogP contribution >= 0.6 is 0 Å². The molecule has 1 saturated heterocycles. The van der Waals surface area contributed by atoms with E-state index in [1.807, 2.05) is 48.5 Å². The number of hydrogen-bond donors (Lipinski definition) is 0. The molecule has 1 unspecified atom stereocenters. The van der Waals surface area contributed by atoms with Gasteiger partial charge in [0.1, 0.15) is 30.0 Å². The van der Waals surface area contributed by atoms with Gasteiger partial charge in [0.05, 0.1) is 7.11 Å². The number of hydrogen-bond acceptors (Lipinski definition) is 5. The van der Waals surface area contributed by atoms with E-state index < -0.39 is 0 Å². The summed E-state index contributed by atoms with van der Waals surface area (Å²) < 4.78 is 17.9. The molecule has 1 fully saturated rings. The Morgan fingerprint density at radius 1 is 0.941 bits per heavy atom. The summed E-state index contributed by atoms with van der Waals surface area (Å²) in [6, 6.07) is 19.8. The highest BCUT2D eigenvalue weighted by Gasteiger charge is 2.28. The summed E-state index contributed by atoms with van der Waals surface area (Å²) in [6.07, 6.45) is 3.60. The molecule has 0 aliphatic carbocycles. The molecule has 5 rings (SSSR count). The van der Waals surface area contributed by atoms with Crippen molar-refractivity contribution in [3.05, 3.63) is 77.4 Å². The van der Waals surface area contributed by atoms with Gasteiger partial charge in [-0.05, 0) is 74.3 Å². The first-order chi connectivity index (χ1) is 16.6. The van der Waals surface area contributed by atoms with E-state index in [1.54, 1.807) is 14.0 Å². The number of piperidine rings is 1. The van der Waals surface area contributed by atoms with Crippen LogP contribution < -0.4 is 14.2 Å². The van der Waals surface area contributed by atoms with Gasteiger partial charge in [0.15, 0.2) is 5.78 Å². The normalized spacial score (nSPS) is 17.3. The second-order valence-corrected chi connectivity index (χ2v) is 9.04. The molecule has 0 amide bonds. The van der Waals surface area contributed by atoms with Crippen LogP contribution in [0.15, 0.2) is 60.7 Å². The van der Waals surface area contributed by atoms with Crippen LogP contribution in [0.3, 0.4) is 0 Å². The number of ketones is 1. The first kappa shape index (κ1) is 22.5. The average Bonchev–Trinajstić information content (AvgIpc) is 2.88. The number of likely N-dealkylation sites (tertiary alicyclic amines) is 1. The zero-order chi connectivity index (χ0) is 23.5. The summed E-state index contributed by atoms with van der Waals surface area (Å²) in [5, 5.41) is 0. The van der Waals surface area contributed by atoms with Crippen molar-refractivity contribution in [1.82, 2.24) is 4.90 Å². The lowest BCUT2D eigenvalue weighted by Crippen LogP contribution is -2.33. The van der Waals surface area contributed by atoms with Gasteiger partial charge in [-0.1, -0.05) is 30.7 Å². The van der Waals surface area contributed by atoms with Crippen LogP contribution in [0.5, 0.6) is 17.2 Å². The lowest BCUT2D eigenvalue weighted by atomic mass is 9.88. The fourth-order valence-corrected chi connectivity index (χ4v) is 4.85. The predicted octanol–water partition coefficient (Wildman–Crippen LogP) is 5.91. The highest BCUT2D eigenvalue weighted by molar-refractivity contribution is 5.95. The fourth-order valence-electron chi connectivity index (χ4n) is 4.85. The van der Waals surface area contributed by atoms with E-state index in [0.29, 0.717) is 12.2 Å². The van der Waals surface area contributed by atoms with E-state index in [1.165, 1.54) is 32.4 Å². The van der Waals surface area contributed by atoms with Crippen molar-refractivity contribution in [2.45, 2.75) is 32.3 Å². The number of methoxy groups -OCH3 is 1. The van der Waals surface area contributed by atoms with E-state index in [-0.39, 0.29) is 11.9 Å². The number of carbonyl (C=O) groups excluding carboxylic acids is 1. The van der Waals surface area contributed by atoms with Gasteiger partial charge in [-0.25, -0.2) is 0 Å². The lowest BCUT2D eigenvalue weighted by Gasteiger charge is -2.30. The lowest BCUT2D eigenvalue weighted by molar-refractivity contribution is 0.101. The van der Waals surface area contributed by atoms with Crippen molar-refractivity contribution < 1.29 is 19.0 Å². The molecule has 2 aliphatic heterocycles. The Bertz CT molecular complexity index is 1170. The monoisotopic (exact) mass is 457 g/mol. The Labute approximate surface area is 201 Å². The Balaban J connectivity index is 1.39. The Morgan fingerprint density at radius 3 is 2.41 bits per heavy atom. The third kappa shape index (κ3) is 4.66. The van der Waals surface area contributed by atoms with Crippen LogP contribution in [0.1, 0.15) is 53.8 Å². The molecule has 2 aliphatic rings. The second-order valence-electron chi connectivity index (χ2n) is 9.04. The molecule has 0 bridgehead atoms. The maximum atomic E-state index is 12.1. The second kappa shape index (κ2) is 9.90. The summed E-state index contributed by atoms with van der Waals surface area (Å²) in [6.45, 7) is 5.60. The first-order valence-corrected chi connectivity index (χ1v) is 12.1. The number of carbonyl (C=O) groups is 1. The van der Waals surface area contributed by atoms with E-state index in [9.17, 15) is 4.79 Å². The molecule has 1 atom stereocenters. The fraction of sp³-hybridized carbons (Fsp3) is 0.345. The average molecular weight is 458 g/mol. The molecule has 176 valence electrons. The van der Waals surface area contributed by atoms with Gasteiger partial charge in [-0.15, -0.1) is 0 Å². The Kier molecular flexibility index (Phi) is 6.54. The quantitative estimate of drug-likeness (QED) is 0.413. The minimum atomic E-state index is -0.323. The van der Waals surface area contributed by atoms with Crippen LogP contribution in [-0.4, -0.2) is 44.0 Å². The molecule has 2 heterocycles. The first-order valence-electron chi connectivity index (χ1n) is 12.1. The molecular weight excluding hydrogens is 426 g/mol. The highest BCUT2D eigenvalue weighted by atomic mass is 16.5. The van der Waals surface area contributed by atoms with Gasteiger partial charge in [-0.2, -0.15) is 0 Å². The Hall–Kier alpha value is -3.31. The number of fused-ring (bicyclic) bond motifs is 3. The van der Waals surface area contributed by atoms with Crippen molar-refractivity contribution >= 4 is 5.78 Å². The van der Waals surface area contributed by atoms with Gasteiger partial charge in [0, 0.05) is 29.3 Å². The van der Waals surface area contributed by atoms with Gasteiger partial charge >= 0.3 is 0 Å². The van der Waals surface area contributed by atoms with E-state index in [2.05, 4.69) is 17.0 Å². The summed E-state index contributed by atoms with van der Waals surface area (Å²) in [7, 11) is 1.65. The minimum absolute atomic E-state index is 0.0412. The van der Waals surface area contributed by atoms with Crippen LogP contribution in [0.2, 0.25) is 0 Å². The van der Waals surface area contributed by atoms with Gasteiger partial charge < -0.3 is 14.2 Å². The number of Topliss-reactive ketones (excluding diaryl/α,β-unsaturated/α-hetero) is 1. The maximum Gasteiger partial charge on any atom is 0.159 e. The molecule has 0 N–H and O–H groups in total. The maximum absolute atomic E-state index is 12.1. The summed E-state index contributed by atoms with van der Waals surface area (Å²) >= 11 is 0. The third-order valence-corrected chi connectivity index (χ3v) is 6.77. The van der Waals surface area contributed by atoms with Gasteiger partial charge in [0.25, 0.3) is 0 Å². The topological polar surface area (TPSA) is 48.0 Å². The largest absolute Gasteiger partial charge is 0.497 e. The zero-order valence-electron chi connectivity index (χ0n) is 19.9. The van der Waals surface area contributed by atoms with Crippen molar-refractivity contribution in [1.29, 1.82) is 0 Å². The van der Waals surface area contributed by atoms with Crippen LogP contribution in [-0.2, 0) is 0 Å². The summed E-state index contributed by atoms with van der Waals surface area (Å²) in [5.41, 5.74) is 4.76. The molecule has 3 aromatic carbocycles. The molecule has 5 nitrogen and oxygen atoms in total. The molecular formula is C29H31NO4. The smallest absolute Gasteiger partial charge is 0.159 e. The summed E-state index contributed by atoms with van der Waals surface area (Å²) in [4.78, 5) is 14.6. The molecule has 0 spiro atoms. The number of rotatable bonds is 7. The number of ether oxygens (including phenoxy) is 3.